The summed E-state index contributed by atoms with van der Waals surface area (Å²) < 4.78 is 5.48. The average molecular weight is 279 g/mol. The molecule has 5 nitrogen and oxygen atoms in total. The van der Waals surface area contributed by atoms with Crippen molar-refractivity contribution in [2.45, 2.75) is 45.8 Å². The average Bonchev–Trinajstić information content (AvgIpc) is 2.41. The molecule has 1 rings (SSSR count). The van der Waals surface area contributed by atoms with E-state index in [2.05, 4.69) is 12.2 Å². The second kappa shape index (κ2) is 7.53. The summed E-state index contributed by atoms with van der Waals surface area (Å²) in [5.74, 6) is -0.928. The lowest BCUT2D eigenvalue weighted by Crippen LogP contribution is -2.44. The van der Waals surface area contributed by atoms with Crippen LogP contribution in [0, 0.1) is 0 Å². The molecule has 0 aliphatic carbocycles. The Hall–Kier alpha value is -2.04. The van der Waals surface area contributed by atoms with E-state index in [-0.39, 0.29) is 0 Å². The molecule has 5 heteroatoms. The molecule has 0 aromatic heterocycles. The van der Waals surface area contributed by atoms with Crippen molar-refractivity contribution >= 4 is 11.9 Å². The van der Waals surface area contributed by atoms with Crippen LogP contribution in [0.15, 0.2) is 24.3 Å². The smallest absolute Gasteiger partial charge is 0.325 e. The summed E-state index contributed by atoms with van der Waals surface area (Å²) >= 11 is 0. The van der Waals surface area contributed by atoms with Gasteiger partial charge in [0.25, 0.3) is 5.91 Å². The number of aliphatic carboxylic acids is 1. The molecule has 0 saturated carbocycles. The van der Waals surface area contributed by atoms with Gasteiger partial charge < -0.3 is 15.2 Å². The number of amides is 1. The first kappa shape index (κ1) is 16.0. The third-order valence-corrected chi connectivity index (χ3v) is 2.87. The Labute approximate surface area is 118 Å². The van der Waals surface area contributed by atoms with Crippen molar-refractivity contribution in [1.82, 2.24) is 5.32 Å². The van der Waals surface area contributed by atoms with Gasteiger partial charge in [0.1, 0.15) is 11.8 Å². The number of aryl methyl sites for hydroxylation is 1. The van der Waals surface area contributed by atoms with Crippen LogP contribution >= 0.6 is 0 Å². The van der Waals surface area contributed by atoms with E-state index in [1.54, 1.807) is 6.92 Å². The van der Waals surface area contributed by atoms with Crippen LogP contribution in [0.4, 0.5) is 0 Å². The zero-order valence-electron chi connectivity index (χ0n) is 12.1. The molecule has 20 heavy (non-hydrogen) atoms. The number of benzene rings is 1. The van der Waals surface area contributed by atoms with Gasteiger partial charge in [0.05, 0.1) is 0 Å². The van der Waals surface area contributed by atoms with Crippen LogP contribution in [0.5, 0.6) is 5.75 Å². The van der Waals surface area contributed by atoms with E-state index in [4.69, 9.17) is 9.84 Å². The van der Waals surface area contributed by atoms with E-state index in [1.807, 2.05) is 24.3 Å². The van der Waals surface area contributed by atoms with E-state index in [1.165, 1.54) is 12.5 Å². The van der Waals surface area contributed by atoms with Crippen LogP contribution in [0.25, 0.3) is 0 Å². The highest BCUT2D eigenvalue weighted by molar-refractivity contribution is 5.86. The number of hydrogen-bond donors (Lipinski definition) is 2. The molecule has 2 N–H and O–H groups in total. The largest absolute Gasteiger partial charge is 0.481 e. The lowest BCUT2D eigenvalue weighted by atomic mass is 10.1. The molecular weight excluding hydrogens is 258 g/mol. The van der Waals surface area contributed by atoms with Crippen molar-refractivity contribution in [3.63, 3.8) is 0 Å². The van der Waals surface area contributed by atoms with Gasteiger partial charge in [-0.05, 0) is 38.0 Å². The van der Waals surface area contributed by atoms with Crippen molar-refractivity contribution in [2.75, 3.05) is 0 Å². The molecule has 1 aromatic carbocycles. The molecule has 0 bridgehead atoms. The lowest BCUT2D eigenvalue weighted by Gasteiger charge is -2.16. The number of ether oxygens (including phenoxy) is 1. The Balaban J connectivity index is 2.54. The van der Waals surface area contributed by atoms with Gasteiger partial charge in [-0.2, -0.15) is 0 Å². The van der Waals surface area contributed by atoms with Gasteiger partial charge in [-0.3, -0.25) is 9.59 Å². The number of carboxylic acids is 1. The van der Waals surface area contributed by atoms with Crippen LogP contribution in [0.3, 0.4) is 0 Å². The quantitative estimate of drug-likeness (QED) is 0.800. The molecule has 0 saturated heterocycles. The molecule has 1 aromatic rings. The first-order valence-electron chi connectivity index (χ1n) is 6.72. The summed E-state index contributed by atoms with van der Waals surface area (Å²) in [6.07, 6.45) is 1.34. The normalized spacial score (nSPS) is 13.3. The first-order chi connectivity index (χ1) is 9.43. The molecule has 0 fully saturated rings. The van der Waals surface area contributed by atoms with Crippen molar-refractivity contribution in [3.8, 4) is 5.75 Å². The van der Waals surface area contributed by atoms with Gasteiger partial charge in [0.2, 0.25) is 0 Å². The fourth-order valence-corrected chi connectivity index (χ4v) is 1.67. The van der Waals surface area contributed by atoms with E-state index in [9.17, 15) is 9.59 Å². The van der Waals surface area contributed by atoms with Crippen LogP contribution in [0.1, 0.15) is 32.8 Å². The summed E-state index contributed by atoms with van der Waals surface area (Å²) in [6, 6.07) is 6.62. The minimum atomic E-state index is -1.07. The van der Waals surface area contributed by atoms with Crippen LogP contribution in [-0.2, 0) is 16.0 Å². The highest BCUT2D eigenvalue weighted by atomic mass is 16.5. The highest BCUT2D eigenvalue weighted by Gasteiger charge is 2.20. The number of nitrogens with one attached hydrogen (secondary N) is 1. The molecule has 0 spiro atoms. The number of rotatable bonds is 7. The van der Waals surface area contributed by atoms with E-state index in [0.717, 1.165) is 12.8 Å². The second-order valence-electron chi connectivity index (χ2n) is 4.72. The SMILES string of the molecule is CCCc1ccc(OC(C)C(=O)NC(C)C(=O)O)cc1. The number of hydrogen-bond acceptors (Lipinski definition) is 3. The summed E-state index contributed by atoms with van der Waals surface area (Å²) in [7, 11) is 0. The monoisotopic (exact) mass is 279 g/mol. The highest BCUT2D eigenvalue weighted by Crippen LogP contribution is 2.15. The van der Waals surface area contributed by atoms with Crippen LogP contribution in [-0.4, -0.2) is 29.1 Å². The molecule has 110 valence electrons. The maximum Gasteiger partial charge on any atom is 0.325 e. The predicted molar refractivity (Wildman–Crippen MR) is 75.8 cm³/mol. The topological polar surface area (TPSA) is 75.6 Å². The van der Waals surface area contributed by atoms with Crippen molar-refractivity contribution in [2.24, 2.45) is 0 Å². The Morgan fingerprint density at radius 1 is 1.25 bits per heavy atom. The van der Waals surface area contributed by atoms with E-state index >= 15 is 0 Å². The predicted octanol–water partition coefficient (Wildman–Crippen LogP) is 2.00. The van der Waals surface area contributed by atoms with Gasteiger partial charge in [0, 0.05) is 0 Å². The summed E-state index contributed by atoms with van der Waals surface area (Å²) in [4.78, 5) is 22.4. The van der Waals surface area contributed by atoms with Crippen molar-refractivity contribution in [3.05, 3.63) is 29.8 Å². The Kier molecular flexibility index (Phi) is 6.03. The fraction of sp³-hybridized carbons (Fsp3) is 0.467. The van der Waals surface area contributed by atoms with Crippen LogP contribution in [0.2, 0.25) is 0 Å². The van der Waals surface area contributed by atoms with Crippen molar-refractivity contribution in [1.29, 1.82) is 0 Å². The maximum absolute atomic E-state index is 11.7. The zero-order valence-corrected chi connectivity index (χ0v) is 12.1. The lowest BCUT2D eigenvalue weighted by molar-refractivity contribution is -0.142. The molecule has 2 unspecified atom stereocenters. The Bertz CT molecular complexity index is 455. The zero-order chi connectivity index (χ0) is 15.1. The Morgan fingerprint density at radius 2 is 1.85 bits per heavy atom. The Morgan fingerprint density at radius 3 is 2.35 bits per heavy atom. The third-order valence-electron chi connectivity index (χ3n) is 2.87. The molecule has 0 aliphatic heterocycles. The van der Waals surface area contributed by atoms with E-state index < -0.39 is 24.0 Å². The second-order valence-corrected chi connectivity index (χ2v) is 4.72. The summed E-state index contributed by atoms with van der Waals surface area (Å²) in [5, 5.41) is 11.1. The van der Waals surface area contributed by atoms with E-state index in [0.29, 0.717) is 5.75 Å². The van der Waals surface area contributed by atoms with Crippen LogP contribution < -0.4 is 10.1 Å². The minimum Gasteiger partial charge on any atom is -0.481 e. The number of carboxylic acid groups (broad SMARTS) is 1. The minimum absolute atomic E-state index is 0.447. The third kappa shape index (κ3) is 4.91. The summed E-state index contributed by atoms with van der Waals surface area (Å²) in [5.41, 5.74) is 1.22. The summed E-state index contributed by atoms with van der Waals surface area (Å²) in [6.45, 7) is 5.11. The number of carbonyl (C=O) groups excluding carboxylic acids is 1. The standard InChI is InChI=1S/C15H21NO4/c1-4-5-12-6-8-13(9-7-12)20-11(3)14(17)16-10(2)15(18)19/h6-11H,4-5H2,1-3H3,(H,16,17)(H,18,19). The molecular formula is C15H21NO4. The van der Waals surface area contributed by atoms with Crippen molar-refractivity contribution < 1.29 is 19.4 Å². The molecule has 2 atom stereocenters. The number of carbonyl (C=O) groups is 2. The van der Waals surface area contributed by atoms with Gasteiger partial charge in [-0.1, -0.05) is 25.5 Å². The molecule has 0 heterocycles. The molecule has 1 amide bonds. The fourth-order valence-electron chi connectivity index (χ4n) is 1.67. The van der Waals surface area contributed by atoms with Gasteiger partial charge in [-0.25, -0.2) is 0 Å². The van der Waals surface area contributed by atoms with Gasteiger partial charge in [0.15, 0.2) is 6.10 Å². The molecule has 0 radical (unpaired) electrons. The van der Waals surface area contributed by atoms with Gasteiger partial charge >= 0.3 is 5.97 Å². The maximum atomic E-state index is 11.7. The molecule has 0 aliphatic rings. The first-order valence-corrected chi connectivity index (χ1v) is 6.72. The van der Waals surface area contributed by atoms with Gasteiger partial charge in [-0.15, -0.1) is 0 Å².